The Balaban J connectivity index is 1.80. The summed E-state index contributed by atoms with van der Waals surface area (Å²) in [5.41, 5.74) is 0.558. The molecule has 2 nitrogen and oxygen atoms in total. The van der Waals surface area contributed by atoms with Gasteiger partial charge in [-0.2, -0.15) is 0 Å². The van der Waals surface area contributed by atoms with Gasteiger partial charge in [-0.3, -0.25) is 0 Å². The van der Waals surface area contributed by atoms with Crippen LogP contribution < -0.4 is 5.32 Å². The van der Waals surface area contributed by atoms with Gasteiger partial charge in [0.05, 0.1) is 6.10 Å². The van der Waals surface area contributed by atoms with Crippen molar-refractivity contribution >= 4 is 0 Å². The topological polar surface area (TPSA) is 21.3 Å². The molecule has 1 aliphatic carbocycles. The number of hydrogen-bond acceptors (Lipinski definition) is 2. The van der Waals surface area contributed by atoms with Crippen molar-refractivity contribution in [2.45, 2.75) is 78.2 Å². The Bertz CT molecular complexity index is 271. The minimum Gasteiger partial charge on any atom is -0.378 e. The molecule has 0 bridgehead atoms. The number of rotatable bonds is 7. The first-order valence-corrected chi connectivity index (χ1v) is 8.93. The van der Waals surface area contributed by atoms with Crippen LogP contribution in [0, 0.1) is 17.3 Å². The summed E-state index contributed by atoms with van der Waals surface area (Å²) >= 11 is 0. The zero-order chi connectivity index (χ0) is 14.4. The minimum atomic E-state index is 0.558. The molecule has 3 atom stereocenters. The molecule has 1 N–H and O–H groups in total. The zero-order valence-electron chi connectivity index (χ0n) is 13.9. The van der Waals surface area contributed by atoms with Crippen molar-refractivity contribution in [3.63, 3.8) is 0 Å². The second-order valence-electron chi connectivity index (χ2n) is 7.84. The lowest BCUT2D eigenvalue weighted by Crippen LogP contribution is -2.36. The molecule has 2 rings (SSSR count). The number of hydrogen-bond donors (Lipinski definition) is 1. The molecule has 2 fully saturated rings. The van der Waals surface area contributed by atoms with E-state index in [0.717, 1.165) is 18.4 Å². The molecule has 2 aliphatic rings. The molecule has 0 aromatic heterocycles. The summed E-state index contributed by atoms with van der Waals surface area (Å²) in [5, 5.41) is 3.66. The van der Waals surface area contributed by atoms with Crippen LogP contribution in [0.25, 0.3) is 0 Å². The maximum Gasteiger partial charge on any atom is 0.0576 e. The summed E-state index contributed by atoms with van der Waals surface area (Å²) in [6, 6.07) is 0. The minimum absolute atomic E-state index is 0.558. The highest BCUT2D eigenvalue weighted by molar-refractivity contribution is 4.86. The van der Waals surface area contributed by atoms with Gasteiger partial charge in [0.1, 0.15) is 0 Å². The molecule has 0 aromatic rings. The smallest absolute Gasteiger partial charge is 0.0576 e. The Kier molecular flexibility index (Phi) is 6.35. The average Bonchev–Trinajstić information content (AvgIpc) is 2.91. The first kappa shape index (κ1) is 16.3. The van der Waals surface area contributed by atoms with Gasteiger partial charge in [-0.15, -0.1) is 0 Å². The van der Waals surface area contributed by atoms with E-state index in [-0.39, 0.29) is 0 Å². The maximum absolute atomic E-state index is 5.81. The van der Waals surface area contributed by atoms with Gasteiger partial charge < -0.3 is 10.1 Å². The Morgan fingerprint density at radius 2 is 2.00 bits per heavy atom. The van der Waals surface area contributed by atoms with E-state index in [1.165, 1.54) is 64.5 Å². The van der Waals surface area contributed by atoms with E-state index in [1.54, 1.807) is 0 Å². The molecule has 0 radical (unpaired) electrons. The highest BCUT2D eigenvalue weighted by Gasteiger charge is 2.34. The Hall–Kier alpha value is -0.0800. The SMILES string of the molecule is CCCNCC1CCC(C)(C)CC1CCC1CCCO1. The maximum atomic E-state index is 5.81. The summed E-state index contributed by atoms with van der Waals surface area (Å²) in [5.74, 6) is 1.81. The van der Waals surface area contributed by atoms with Crippen molar-refractivity contribution in [2.75, 3.05) is 19.7 Å². The molecule has 0 spiro atoms. The fourth-order valence-corrected chi connectivity index (χ4v) is 4.13. The quantitative estimate of drug-likeness (QED) is 0.699. The summed E-state index contributed by atoms with van der Waals surface area (Å²) in [7, 11) is 0. The van der Waals surface area contributed by atoms with E-state index in [0.29, 0.717) is 11.5 Å². The number of nitrogens with one attached hydrogen (secondary N) is 1. The normalized spacial score (nSPS) is 33.5. The van der Waals surface area contributed by atoms with E-state index >= 15 is 0 Å². The second kappa shape index (κ2) is 7.79. The molecule has 1 saturated heterocycles. The van der Waals surface area contributed by atoms with Crippen LogP contribution in [0.2, 0.25) is 0 Å². The van der Waals surface area contributed by atoms with Crippen LogP contribution >= 0.6 is 0 Å². The van der Waals surface area contributed by atoms with E-state index < -0.39 is 0 Å². The Labute approximate surface area is 126 Å². The van der Waals surface area contributed by atoms with Crippen molar-refractivity contribution in [3.05, 3.63) is 0 Å². The van der Waals surface area contributed by atoms with Crippen molar-refractivity contribution in [1.82, 2.24) is 5.32 Å². The highest BCUT2D eigenvalue weighted by Crippen LogP contribution is 2.43. The summed E-state index contributed by atoms with van der Waals surface area (Å²) < 4.78 is 5.81. The van der Waals surface area contributed by atoms with Gasteiger partial charge >= 0.3 is 0 Å². The van der Waals surface area contributed by atoms with E-state index in [9.17, 15) is 0 Å². The lowest BCUT2D eigenvalue weighted by Gasteiger charge is -2.41. The molecule has 1 heterocycles. The summed E-state index contributed by atoms with van der Waals surface area (Å²) in [6.07, 6.45) is 11.3. The van der Waals surface area contributed by atoms with Crippen LogP contribution in [0.5, 0.6) is 0 Å². The van der Waals surface area contributed by atoms with Gasteiger partial charge in [0.2, 0.25) is 0 Å². The van der Waals surface area contributed by atoms with Crippen LogP contribution in [0.1, 0.15) is 72.1 Å². The monoisotopic (exact) mass is 281 g/mol. The van der Waals surface area contributed by atoms with E-state index in [2.05, 4.69) is 26.1 Å². The molecule has 3 unspecified atom stereocenters. The first-order chi connectivity index (χ1) is 9.61. The van der Waals surface area contributed by atoms with Gasteiger partial charge in [0.15, 0.2) is 0 Å². The highest BCUT2D eigenvalue weighted by atomic mass is 16.5. The zero-order valence-corrected chi connectivity index (χ0v) is 13.9. The standard InChI is InChI=1S/C18H35NO/c1-4-11-19-14-16-9-10-18(2,3)13-15(16)7-8-17-6-5-12-20-17/h15-17,19H,4-14H2,1-3H3. The van der Waals surface area contributed by atoms with Crippen LogP contribution in [-0.4, -0.2) is 25.8 Å². The van der Waals surface area contributed by atoms with Crippen molar-refractivity contribution < 1.29 is 4.74 Å². The van der Waals surface area contributed by atoms with Gasteiger partial charge in [0, 0.05) is 6.61 Å². The van der Waals surface area contributed by atoms with E-state index in [4.69, 9.17) is 4.74 Å². The summed E-state index contributed by atoms with van der Waals surface area (Å²) in [4.78, 5) is 0. The van der Waals surface area contributed by atoms with Gasteiger partial charge in [0.25, 0.3) is 0 Å². The van der Waals surface area contributed by atoms with Gasteiger partial charge in [-0.25, -0.2) is 0 Å². The Morgan fingerprint density at radius 1 is 1.15 bits per heavy atom. The molecule has 20 heavy (non-hydrogen) atoms. The largest absolute Gasteiger partial charge is 0.378 e. The van der Waals surface area contributed by atoms with Crippen molar-refractivity contribution in [3.8, 4) is 0 Å². The molecule has 118 valence electrons. The van der Waals surface area contributed by atoms with Crippen LogP contribution in [0.4, 0.5) is 0 Å². The number of ether oxygens (including phenoxy) is 1. The van der Waals surface area contributed by atoms with Crippen LogP contribution in [-0.2, 0) is 4.74 Å². The third-order valence-electron chi connectivity index (χ3n) is 5.39. The molecule has 0 amide bonds. The lowest BCUT2D eigenvalue weighted by atomic mass is 9.65. The predicted octanol–water partition coefficient (Wildman–Crippen LogP) is 4.39. The van der Waals surface area contributed by atoms with Gasteiger partial charge in [-0.1, -0.05) is 20.8 Å². The van der Waals surface area contributed by atoms with Crippen LogP contribution in [0.15, 0.2) is 0 Å². The molecule has 1 saturated carbocycles. The molecule has 0 aromatic carbocycles. The van der Waals surface area contributed by atoms with Crippen molar-refractivity contribution in [1.29, 1.82) is 0 Å². The fraction of sp³-hybridized carbons (Fsp3) is 1.00. The van der Waals surface area contributed by atoms with E-state index in [1.807, 2.05) is 0 Å². The fourth-order valence-electron chi connectivity index (χ4n) is 4.13. The van der Waals surface area contributed by atoms with Crippen LogP contribution in [0.3, 0.4) is 0 Å². The predicted molar refractivity (Wildman–Crippen MR) is 86.0 cm³/mol. The second-order valence-corrected chi connectivity index (χ2v) is 7.84. The molecule has 2 heteroatoms. The average molecular weight is 281 g/mol. The lowest BCUT2D eigenvalue weighted by molar-refractivity contribution is 0.0702. The third-order valence-corrected chi connectivity index (χ3v) is 5.39. The van der Waals surface area contributed by atoms with Crippen molar-refractivity contribution in [2.24, 2.45) is 17.3 Å². The summed E-state index contributed by atoms with van der Waals surface area (Å²) in [6.45, 7) is 10.6. The van der Waals surface area contributed by atoms with Gasteiger partial charge in [-0.05, 0) is 81.7 Å². The third kappa shape index (κ3) is 5.04. The Morgan fingerprint density at radius 3 is 2.70 bits per heavy atom. The first-order valence-electron chi connectivity index (χ1n) is 8.93. The molecule has 1 aliphatic heterocycles. The molecular formula is C18H35NO. The molecular weight excluding hydrogens is 246 g/mol.